The number of nitrogens with two attached hydrogens (primary N) is 1. The molecule has 2 aliphatic rings. The summed E-state index contributed by atoms with van der Waals surface area (Å²) in [6.07, 6.45) is 1.47. The summed E-state index contributed by atoms with van der Waals surface area (Å²) in [5, 5.41) is 12.0. The van der Waals surface area contributed by atoms with Gasteiger partial charge in [0.2, 0.25) is 0 Å². The fourth-order valence-corrected chi connectivity index (χ4v) is 4.87. The molecule has 3 amide bonds. The van der Waals surface area contributed by atoms with Gasteiger partial charge in [-0.25, -0.2) is 22.9 Å². The number of amides is 3. The quantitative estimate of drug-likeness (QED) is 0.190. The lowest BCUT2D eigenvalue weighted by Gasteiger charge is -2.39. The number of nitrogens with one attached hydrogen (secondary N) is 2. The monoisotopic (exact) mass is 578 g/mol. The number of halogens is 3. The molecule has 0 aromatic heterocycles. The predicted molar refractivity (Wildman–Crippen MR) is 154 cm³/mol. The van der Waals surface area contributed by atoms with Crippen molar-refractivity contribution in [3.05, 3.63) is 88.9 Å². The molecule has 9 nitrogen and oxygen atoms in total. The van der Waals surface area contributed by atoms with E-state index in [0.29, 0.717) is 22.7 Å². The molecular formula is C30H29F3N6O3. The summed E-state index contributed by atoms with van der Waals surface area (Å²) in [7, 11) is 1.75. The normalized spacial score (nSPS) is 17.0. The smallest absolute Gasteiger partial charge is 0.337 e. The van der Waals surface area contributed by atoms with Gasteiger partial charge in [-0.2, -0.15) is 0 Å². The third kappa shape index (κ3) is 5.11. The van der Waals surface area contributed by atoms with Crippen LogP contribution in [0, 0.1) is 22.9 Å². The third-order valence-electron chi connectivity index (χ3n) is 7.08. The minimum absolute atomic E-state index is 0.0898. The zero-order valence-corrected chi connectivity index (χ0v) is 23.0. The van der Waals surface area contributed by atoms with Crippen molar-refractivity contribution in [2.24, 2.45) is 0 Å². The Hall–Kier alpha value is -5.00. The first-order chi connectivity index (χ1) is 20.1. The molecule has 0 radical (unpaired) electrons. The highest BCUT2D eigenvalue weighted by molar-refractivity contribution is 6.38. The fraction of sp³-hybridized carbons (Fsp3) is 0.233. The summed E-state index contributed by atoms with van der Waals surface area (Å²) < 4.78 is 50.7. The second-order valence-corrected chi connectivity index (χ2v) is 9.96. The van der Waals surface area contributed by atoms with Gasteiger partial charge in [-0.15, -0.1) is 0 Å². The molecule has 1 fully saturated rings. The van der Waals surface area contributed by atoms with E-state index in [-0.39, 0.29) is 30.2 Å². The number of ether oxygens (including phenoxy) is 1. The highest BCUT2D eigenvalue weighted by Crippen LogP contribution is 2.37. The Labute approximate surface area is 240 Å². The molecule has 0 spiro atoms. The van der Waals surface area contributed by atoms with Crippen LogP contribution in [-0.2, 0) is 11.3 Å². The van der Waals surface area contributed by atoms with Crippen molar-refractivity contribution in [1.82, 2.24) is 4.90 Å². The van der Waals surface area contributed by atoms with Crippen LogP contribution in [0.1, 0.15) is 25.3 Å². The maximum absolute atomic E-state index is 15.8. The molecule has 4 N–H and O–H groups in total. The van der Waals surface area contributed by atoms with Gasteiger partial charge in [-0.1, -0.05) is 25.5 Å². The minimum atomic E-state index is -1.14. The molecule has 2 heterocycles. The lowest BCUT2D eigenvalue weighted by Crippen LogP contribution is -2.57. The summed E-state index contributed by atoms with van der Waals surface area (Å²) in [6, 6.07) is 11.2. The van der Waals surface area contributed by atoms with Gasteiger partial charge in [0.05, 0.1) is 42.5 Å². The zero-order chi connectivity index (χ0) is 30.1. The molecule has 12 heteroatoms. The van der Waals surface area contributed by atoms with Crippen LogP contribution < -0.4 is 25.6 Å². The van der Waals surface area contributed by atoms with Gasteiger partial charge in [-0.05, 0) is 48.9 Å². The van der Waals surface area contributed by atoms with Crippen molar-refractivity contribution in [2.75, 3.05) is 41.0 Å². The van der Waals surface area contributed by atoms with Gasteiger partial charge in [0, 0.05) is 18.3 Å². The Morgan fingerprint density at radius 2 is 1.74 bits per heavy atom. The molecule has 0 atom stereocenters. The Balaban J connectivity index is 1.64. The number of carbonyl (C=O) groups is 2. The molecule has 3 aromatic rings. The molecule has 5 rings (SSSR count). The van der Waals surface area contributed by atoms with Crippen molar-refractivity contribution in [3.63, 3.8) is 0 Å². The number of fused-ring (bicyclic) bond motifs is 1. The molecule has 0 bridgehead atoms. The highest BCUT2D eigenvalue weighted by atomic mass is 19.1. The second-order valence-electron chi connectivity index (χ2n) is 9.96. The summed E-state index contributed by atoms with van der Waals surface area (Å²) in [5.74, 6) is -4.56. The van der Waals surface area contributed by atoms with E-state index in [1.54, 1.807) is 30.1 Å². The van der Waals surface area contributed by atoms with E-state index in [2.05, 4.69) is 5.32 Å². The first-order valence-corrected chi connectivity index (χ1v) is 13.3. The fourth-order valence-electron chi connectivity index (χ4n) is 4.87. The third-order valence-corrected chi connectivity index (χ3v) is 7.08. The zero-order valence-electron chi connectivity index (χ0n) is 23.0. The van der Waals surface area contributed by atoms with Crippen molar-refractivity contribution in [1.29, 1.82) is 5.41 Å². The van der Waals surface area contributed by atoms with Gasteiger partial charge >= 0.3 is 6.03 Å². The Bertz CT molecular complexity index is 1610. The number of unbranched alkanes of at least 4 members (excludes halogenated alkanes) is 1. The van der Waals surface area contributed by atoms with E-state index in [9.17, 15) is 18.4 Å². The summed E-state index contributed by atoms with van der Waals surface area (Å²) in [6.45, 7) is 1.54. The van der Waals surface area contributed by atoms with Crippen molar-refractivity contribution in [2.45, 2.75) is 26.3 Å². The maximum Gasteiger partial charge on any atom is 0.337 e. The van der Waals surface area contributed by atoms with Gasteiger partial charge < -0.3 is 20.7 Å². The first-order valence-electron chi connectivity index (χ1n) is 13.3. The van der Waals surface area contributed by atoms with E-state index >= 15 is 4.39 Å². The SMILES string of the molecule is CCCCOc1cccc(N2C(=O)/C(=C3\CN(C)c4cc(N)ccc4N3)C(=N)N(Cc3c(F)cccc3F)C2=O)c1F. The predicted octanol–water partition coefficient (Wildman–Crippen LogP) is 5.63. The van der Waals surface area contributed by atoms with E-state index in [0.717, 1.165) is 29.1 Å². The molecule has 3 aromatic carbocycles. The van der Waals surface area contributed by atoms with Crippen LogP contribution in [-0.4, -0.2) is 42.9 Å². The topological polar surface area (TPSA) is 115 Å². The largest absolute Gasteiger partial charge is 0.490 e. The molecule has 0 aliphatic carbocycles. The van der Waals surface area contributed by atoms with E-state index < -0.39 is 53.0 Å². The lowest BCUT2D eigenvalue weighted by atomic mass is 10.0. The van der Waals surface area contributed by atoms with Crippen LogP contribution in [0.15, 0.2) is 65.9 Å². The van der Waals surface area contributed by atoms with E-state index in [1.165, 1.54) is 24.3 Å². The Kier molecular flexibility index (Phi) is 7.79. The van der Waals surface area contributed by atoms with E-state index in [1.807, 2.05) is 6.92 Å². The molecule has 42 heavy (non-hydrogen) atoms. The van der Waals surface area contributed by atoms with Gasteiger partial charge in [-0.3, -0.25) is 15.1 Å². The number of anilines is 4. The molecule has 1 saturated heterocycles. The van der Waals surface area contributed by atoms with Crippen LogP contribution in [0.3, 0.4) is 0 Å². The molecule has 0 unspecified atom stereocenters. The summed E-state index contributed by atoms with van der Waals surface area (Å²) in [4.78, 5) is 30.9. The number of rotatable bonds is 7. The number of hydrogen-bond donors (Lipinski definition) is 3. The van der Waals surface area contributed by atoms with Crippen molar-refractivity contribution >= 4 is 40.5 Å². The first kappa shape index (κ1) is 28.5. The van der Waals surface area contributed by atoms with Gasteiger partial charge in [0.1, 0.15) is 23.0 Å². The molecular weight excluding hydrogens is 549 g/mol. The minimum Gasteiger partial charge on any atom is -0.490 e. The maximum atomic E-state index is 15.8. The second kappa shape index (κ2) is 11.5. The number of hydrogen-bond acceptors (Lipinski definition) is 7. The highest BCUT2D eigenvalue weighted by Gasteiger charge is 2.44. The van der Waals surface area contributed by atoms with Gasteiger partial charge in [0.15, 0.2) is 11.6 Å². The average molecular weight is 579 g/mol. The number of carbonyl (C=O) groups excluding carboxylic acids is 2. The van der Waals surface area contributed by atoms with Crippen LogP contribution in [0.5, 0.6) is 5.75 Å². The molecule has 218 valence electrons. The van der Waals surface area contributed by atoms with Crippen LogP contribution in [0.2, 0.25) is 0 Å². The van der Waals surface area contributed by atoms with Gasteiger partial charge in [0.25, 0.3) is 5.91 Å². The Morgan fingerprint density at radius 1 is 1.02 bits per heavy atom. The van der Waals surface area contributed by atoms with E-state index in [4.69, 9.17) is 15.9 Å². The summed E-state index contributed by atoms with van der Waals surface area (Å²) in [5.41, 5.74) is 6.83. The number of benzene rings is 3. The van der Waals surface area contributed by atoms with Crippen molar-refractivity contribution < 1.29 is 27.5 Å². The number of urea groups is 1. The number of nitrogen functional groups attached to an aromatic ring is 1. The average Bonchev–Trinajstić information content (AvgIpc) is 2.95. The summed E-state index contributed by atoms with van der Waals surface area (Å²) >= 11 is 0. The number of likely N-dealkylation sites (N-methyl/N-ethyl adjacent to an activating group) is 1. The number of nitrogens with zero attached hydrogens (tertiary/aromatic N) is 3. The van der Waals surface area contributed by atoms with Crippen LogP contribution in [0.25, 0.3) is 0 Å². The molecule has 2 aliphatic heterocycles. The Morgan fingerprint density at radius 3 is 2.45 bits per heavy atom. The van der Waals surface area contributed by atoms with Crippen LogP contribution >= 0.6 is 0 Å². The molecule has 0 saturated carbocycles. The lowest BCUT2D eigenvalue weighted by molar-refractivity contribution is -0.114. The standard InChI is InChI=1S/C30H29F3N6O3/c1-3-4-13-42-25-10-6-9-23(27(25)33)39-29(40)26(22-16-37(2)24-14-17(34)11-12-21(24)36-22)28(35)38(30(39)41)15-18-19(31)7-5-8-20(18)32/h5-12,14,35-36H,3-4,13,15-16,34H2,1-2H3/b26-22+,35-28?. The van der Waals surface area contributed by atoms with Crippen molar-refractivity contribution in [3.8, 4) is 5.75 Å². The number of imide groups is 1. The number of amidine groups is 1. The van der Waals surface area contributed by atoms with Crippen LogP contribution in [0.4, 0.5) is 40.7 Å².